The number of Topliss-reactive ketones (excluding diaryl/α,β-unsaturated/α-hetero) is 2. The van der Waals surface area contributed by atoms with E-state index < -0.39 is 29.4 Å². The predicted molar refractivity (Wildman–Crippen MR) is 172 cm³/mol. The van der Waals surface area contributed by atoms with Crippen LogP contribution in [0.2, 0.25) is 0 Å². The first kappa shape index (κ1) is 29.0. The van der Waals surface area contributed by atoms with Crippen LogP contribution in [-0.2, 0) is 15.0 Å². The molecule has 4 aromatic rings. The number of hydrogen-bond acceptors (Lipinski definition) is 8. The van der Waals surface area contributed by atoms with E-state index in [1.54, 1.807) is 42.5 Å². The number of fused-ring (bicyclic) bond motifs is 6. The second kappa shape index (κ2) is 11.0. The maximum atomic E-state index is 15.1. The number of rotatable bonds is 7. The zero-order chi connectivity index (χ0) is 32.2. The molecule has 0 bridgehead atoms. The Hall–Kier alpha value is -5.70. The van der Waals surface area contributed by atoms with Gasteiger partial charge in [-0.05, 0) is 65.7 Å². The van der Waals surface area contributed by atoms with Gasteiger partial charge in [0.25, 0.3) is 0 Å². The van der Waals surface area contributed by atoms with Crippen molar-refractivity contribution < 1.29 is 33.4 Å². The molecule has 1 fully saturated rings. The first-order valence-corrected chi connectivity index (χ1v) is 14.8. The normalized spacial score (nSPS) is 22.0. The highest BCUT2D eigenvalue weighted by Crippen LogP contribution is 2.58. The van der Waals surface area contributed by atoms with Gasteiger partial charge in [0.05, 0.1) is 26.2 Å². The van der Waals surface area contributed by atoms with Gasteiger partial charge in [-0.1, -0.05) is 48.6 Å². The fraction of sp³-hybridized carbons (Fsp3) is 0.189. The summed E-state index contributed by atoms with van der Waals surface area (Å²) in [5.41, 5.74) is 1.98. The van der Waals surface area contributed by atoms with E-state index in [0.29, 0.717) is 28.3 Å². The summed E-state index contributed by atoms with van der Waals surface area (Å²) in [6.07, 6.45) is 3.88. The highest BCUT2D eigenvalue weighted by Gasteiger charge is 2.70. The summed E-state index contributed by atoms with van der Waals surface area (Å²) in [6.45, 7) is 1.30. The number of amides is 1. The molecule has 3 aliphatic heterocycles. The van der Waals surface area contributed by atoms with E-state index in [-0.39, 0.29) is 28.8 Å². The largest absolute Gasteiger partial charge is 0.493 e. The van der Waals surface area contributed by atoms with Gasteiger partial charge in [-0.15, -0.1) is 0 Å². The van der Waals surface area contributed by atoms with Crippen molar-refractivity contribution in [1.29, 1.82) is 0 Å². The van der Waals surface area contributed by atoms with Gasteiger partial charge in [0.2, 0.25) is 5.91 Å². The molecule has 4 atom stereocenters. The van der Waals surface area contributed by atoms with Crippen LogP contribution < -0.4 is 24.4 Å². The third-order valence-electron chi connectivity index (χ3n) is 9.16. The van der Waals surface area contributed by atoms with Gasteiger partial charge < -0.3 is 24.4 Å². The summed E-state index contributed by atoms with van der Waals surface area (Å²) in [5.74, 6) is -1.65. The minimum Gasteiger partial charge on any atom is -0.493 e. The van der Waals surface area contributed by atoms with Crippen LogP contribution in [0.25, 0.3) is 6.08 Å². The molecule has 0 aromatic heterocycles. The molecule has 1 saturated heterocycles. The Bertz CT molecular complexity index is 1950. The Morgan fingerprint density at radius 3 is 2.24 bits per heavy atom. The van der Waals surface area contributed by atoms with Crippen molar-refractivity contribution in [3.63, 3.8) is 0 Å². The van der Waals surface area contributed by atoms with Crippen molar-refractivity contribution in [2.24, 2.45) is 5.92 Å². The summed E-state index contributed by atoms with van der Waals surface area (Å²) < 4.78 is 16.1. The molecule has 7 rings (SSSR count). The summed E-state index contributed by atoms with van der Waals surface area (Å²) in [4.78, 5) is 57.9. The predicted octanol–water partition coefficient (Wildman–Crippen LogP) is 5.49. The van der Waals surface area contributed by atoms with Crippen LogP contribution in [0.1, 0.15) is 38.8 Å². The maximum absolute atomic E-state index is 15.1. The van der Waals surface area contributed by atoms with E-state index >= 15 is 4.79 Å². The van der Waals surface area contributed by atoms with Crippen LogP contribution in [0.15, 0.2) is 97.1 Å². The molecule has 0 aliphatic carbocycles. The van der Waals surface area contributed by atoms with E-state index in [0.717, 1.165) is 11.3 Å². The fourth-order valence-electron chi connectivity index (χ4n) is 7.31. The highest BCUT2D eigenvalue weighted by atomic mass is 16.5. The maximum Gasteiger partial charge on any atom is 0.308 e. The molecule has 46 heavy (non-hydrogen) atoms. The monoisotopic (exact) mass is 614 g/mol. The summed E-state index contributed by atoms with van der Waals surface area (Å²) in [5, 5.41) is 3.03. The number of hydrogen-bond donors (Lipinski definition) is 1. The van der Waals surface area contributed by atoms with Gasteiger partial charge in [0.1, 0.15) is 17.2 Å². The SMILES string of the molecule is COc1ccc(C(=O)[C@@H]2[C@H](C(=O)c3ccc(OC(C)=O)cc3)N3c4ccccc4C=C[C@@H]3[C@]23C(=O)Nc2ccccc23)cc1OC. The zero-order valence-electron chi connectivity index (χ0n) is 25.4. The number of benzene rings is 4. The van der Waals surface area contributed by atoms with Gasteiger partial charge in [0.15, 0.2) is 23.1 Å². The number of esters is 1. The molecule has 0 saturated carbocycles. The number of para-hydroxylation sites is 2. The van der Waals surface area contributed by atoms with Crippen molar-refractivity contribution in [2.45, 2.75) is 24.4 Å². The van der Waals surface area contributed by atoms with E-state index in [1.165, 1.54) is 21.1 Å². The second-order valence-electron chi connectivity index (χ2n) is 11.5. The molecule has 9 heteroatoms. The Morgan fingerprint density at radius 2 is 1.50 bits per heavy atom. The smallest absolute Gasteiger partial charge is 0.308 e. The number of methoxy groups -OCH3 is 2. The van der Waals surface area contributed by atoms with Crippen LogP contribution in [-0.4, -0.2) is 49.7 Å². The lowest BCUT2D eigenvalue weighted by atomic mass is 9.64. The molecule has 0 unspecified atom stereocenters. The topological polar surface area (TPSA) is 111 Å². The molecule has 3 heterocycles. The number of carbonyl (C=O) groups excluding carboxylic acids is 4. The van der Waals surface area contributed by atoms with Crippen molar-refractivity contribution in [3.8, 4) is 17.2 Å². The molecule has 1 amide bonds. The van der Waals surface area contributed by atoms with Crippen LogP contribution in [0, 0.1) is 5.92 Å². The van der Waals surface area contributed by atoms with Gasteiger partial charge in [-0.25, -0.2) is 0 Å². The number of ketones is 2. The zero-order valence-corrected chi connectivity index (χ0v) is 25.4. The lowest BCUT2D eigenvalue weighted by Gasteiger charge is -2.37. The standard InChI is InChI=1S/C37H30N2O7/c1-21(40)46-25-16-12-23(13-17-25)35(42)33-32(34(41)24-14-18-29(44-2)30(20-24)45-3)37(26-9-5-6-10-27(26)38-36(37)43)31-19-15-22-8-4-7-11-28(22)39(31)33/h4-20,31-33H,1-3H3,(H,38,43)/t31-,32+,33-,37+/m1/s1. The van der Waals surface area contributed by atoms with Crippen molar-refractivity contribution in [1.82, 2.24) is 0 Å². The minimum atomic E-state index is -1.46. The number of anilines is 2. The van der Waals surface area contributed by atoms with Crippen molar-refractivity contribution in [2.75, 3.05) is 24.4 Å². The van der Waals surface area contributed by atoms with Gasteiger partial charge in [0, 0.05) is 29.4 Å². The van der Waals surface area contributed by atoms with E-state index in [4.69, 9.17) is 14.2 Å². The van der Waals surface area contributed by atoms with Gasteiger partial charge in [-0.3, -0.25) is 19.2 Å². The Morgan fingerprint density at radius 1 is 0.804 bits per heavy atom. The molecule has 1 N–H and O–H groups in total. The highest BCUT2D eigenvalue weighted by molar-refractivity contribution is 6.18. The molecular formula is C37H30N2O7. The summed E-state index contributed by atoms with van der Waals surface area (Å²) in [7, 11) is 2.99. The Labute approximate surface area is 265 Å². The van der Waals surface area contributed by atoms with Crippen LogP contribution in [0.5, 0.6) is 17.2 Å². The molecule has 230 valence electrons. The molecule has 0 radical (unpaired) electrons. The van der Waals surface area contributed by atoms with Crippen LogP contribution >= 0.6 is 0 Å². The molecular weight excluding hydrogens is 584 g/mol. The quantitative estimate of drug-likeness (QED) is 0.165. The fourth-order valence-corrected chi connectivity index (χ4v) is 7.31. The van der Waals surface area contributed by atoms with Crippen molar-refractivity contribution >= 4 is 40.9 Å². The summed E-state index contributed by atoms with van der Waals surface area (Å²) in [6, 6.07) is 24.3. The lowest BCUT2D eigenvalue weighted by molar-refractivity contribution is -0.131. The number of ether oxygens (including phenoxy) is 3. The molecule has 1 spiro atoms. The lowest BCUT2D eigenvalue weighted by Crippen LogP contribution is -2.51. The number of carbonyl (C=O) groups is 4. The van der Waals surface area contributed by atoms with Gasteiger partial charge >= 0.3 is 5.97 Å². The third-order valence-corrected chi connectivity index (χ3v) is 9.16. The number of nitrogens with one attached hydrogen (secondary N) is 1. The molecule has 9 nitrogen and oxygen atoms in total. The first-order valence-electron chi connectivity index (χ1n) is 14.8. The molecule has 4 aromatic carbocycles. The second-order valence-corrected chi connectivity index (χ2v) is 11.5. The molecule has 3 aliphatic rings. The Balaban J connectivity index is 1.48. The van der Waals surface area contributed by atoms with E-state index in [1.807, 2.05) is 65.6 Å². The summed E-state index contributed by atoms with van der Waals surface area (Å²) >= 11 is 0. The number of nitrogens with zero attached hydrogens (tertiary/aromatic N) is 1. The van der Waals surface area contributed by atoms with E-state index in [2.05, 4.69) is 5.32 Å². The average Bonchev–Trinajstić information content (AvgIpc) is 3.55. The van der Waals surface area contributed by atoms with Crippen LogP contribution in [0.4, 0.5) is 11.4 Å². The van der Waals surface area contributed by atoms with Gasteiger partial charge in [-0.2, -0.15) is 0 Å². The third kappa shape index (κ3) is 4.23. The van der Waals surface area contributed by atoms with E-state index in [9.17, 15) is 14.4 Å². The Kier molecular flexibility index (Phi) is 6.96. The minimum absolute atomic E-state index is 0.277. The average molecular weight is 615 g/mol. The van der Waals surface area contributed by atoms with Crippen molar-refractivity contribution in [3.05, 3.63) is 119 Å². The first-order chi connectivity index (χ1) is 22.3. The van der Waals surface area contributed by atoms with Crippen LogP contribution in [0.3, 0.4) is 0 Å².